The topological polar surface area (TPSA) is 50.8 Å². The third-order valence-corrected chi connectivity index (χ3v) is 4.47. The summed E-state index contributed by atoms with van der Waals surface area (Å²) >= 11 is 0. The van der Waals surface area contributed by atoms with Crippen molar-refractivity contribution in [2.45, 2.75) is 13.0 Å². The Hall–Kier alpha value is -2.31. The lowest BCUT2D eigenvalue weighted by Gasteiger charge is -2.36. The van der Waals surface area contributed by atoms with Gasteiger partial charge in [-0.1, -0.05) is 18.2 Å². The lowest BCUT2D eigenvalue weighted by atomic mass is 10.0. The number of methoxy groups -OCH3 is 1. The van der Waals surface area contributed by atoms with E-state index >= 15 is 0 Å². The molecule has 2 aromatic carbocycles. The zero-order chi connectivity index (χ0) is 18.5. The average Bonchev–Trinajstić information content (AvgIpc) is 2.66. The molecular weight excluding hydrogens is 371 g/mol. The summed E-state index contributed by atoms with van der Waals surface area (Å²) in [5.41, 5.74) is 1.83. The SMILES string of the molecule is COc1cc(C)ccc1OCC(=O)N1CCNCC1c1cccc(F)c1.Cl. The quantitative estimate of drug-likeness (QED) is 0.846. The molecule has 2 aromatic rings. The van der Waals surface area contributed by atoms with Crippen LogP contribution in [-0.4, -0.2) is 44.2 Å². The maximum atomic E-state index is 13.6. The number of amides is 1. The normalized spacial score (nSPS) is 16.4. The second-order valence-electron chi connectivity index (χ2n) is 6.31. The third-order valence-electron chi connectivity index (χ3n) is 4.47. The molecule has 146 valence electrons. The number of hydrogen-bond acceptors (Lipinski definition) is 4. The van der Waals surface area contributed by atoms with E-state index in [0.29, 0.717) is 31.1 Å². The van der Waals surface area contributed by atoms with Gasteiger partial charge >= 0.3 is 0 Å². The number of carbonyl (C=O) groups excluding carboxylic acids is 1. The van der Waals surface area contributed by atoms with Crippen LogP contribution in [0.2, 0.25) is 0 Å². The molecule has 7 heteroatoms. The van der Waals surface area contributed by atoms with E-state index in [4.69, 9.17) is 9.47 Å². The van der Waals surface area contributed by atoms with Crippen molar-refractivity contribution in [1.29, 1.82) is 0 Å². The van der Waals surface area contributed by atoms with Gasteiger partial charge in [0, 0.05) is 19.6 Å². The number of aryl methyl sites for hydroxylation is 1. The van der Waals surface area contributed by atoms with Crippen LogP contribution in [0.25, 0.3) is 0 Å². The van der Waals surface area contributed by atoms with Gasteiger partial charge in [-0.3, -0.25) is 4.79 Å². The third kappa shape index (κ3) is 5.11. The standard InChI is InChI=1S/C20H23FN2O3.ClH/c1-14-6-7-18(19(10-14)25-2)26-13-20(24)23-9-8-22-12-17(23)15-4-3-5-16(21)11-15;/h3-7,10-11,17,22H,8-9,12-13H2,1-2H3;1H. The second-order valence-corrected chi connectivity index (χ2v) is 6.31. The minimum absolute atomic E-state index is 0. The Labute approximate surface area is 164 Å². The van der Waals surface area contributed by atoms with E-state index in [1.54, 1.807) is 24.1 Å². The van der Waals surface area contributed by atoms with Crippen molar-refractivity contribution in [3.63, 3.8) is 0 Å². The Morgan fingerprint density at radius 1 is 1.26 bits per heavy atom. The predicted octanol–water partition coefficient (Wildman–Crippen LogP) is 3.12. The van der Waals surface area contributed by atoms with Crippen LogP contribution in [0, 0.1) is 12.7 Å². The summed E-state index contributed by atoms with van der Waals surface area (Å²) < 4.78 is 24.6. The molecule has 0 aromatic heterocycles. The molecule has 1 amide bonds. The zero-order valence-corrected chi connectivity index (χ0v) is 16.2. The minimum Gasteiger partial charge on any atom is -0.493 e. The maximum absolute atomic E-state index is 13.6. The highest BCUT2D eigenvalue weighted by Gasteiger charge is 2.28. The van der Waals surface area contributed by atoms with E-state index in [1.807, 2.05) is 25.1 Å². The molecule has 1 heterocycles. The van der Waals surface area contributed by atoms with Gasteiger partial charge in [-0.25, -0.2) is 4.39 Å². The molecule has 27 heavy (non-hydrogen) atoms. The Morgan fingerprint density at radius 3 is 2.81 bits per heavy atom. The van der Waals surface area contributed by atoms with Crippen LogP contribution < -0.4 is 14.8 Å². The van der Waals surface area contributed by atoms with Gasteiger partial charge in [0.1, 0.15) is 5.82 Å². The first-order valence-electron chi connectivity index (χ1n) is 8.61. The molecule has 1 saturated heterocycles. The molecule has 1 aliphatic rings. The van der Waals surface area contributed by atoms with Crippen LogP contribution >= 0.6 is 12.4 Å². The molecule has 0 radical (unpaired) electrons. The number of piperazine rings is 1. The maximum Gasteiger partial charge on any atom is 0.261 e. The molecule has 1 atom stereocenters. The van der Waals surface area contributed by atoms with Crippen LogP contribution in [0.15, 0.2) is 42.5 Å². The number of carbonyl (C=O) groups is 1. The van der Waals surface area contributed by atoms with Crippen molar-refractivity contribution in [2.75, 3.05) is 33.4 Å². The number of rotatable bonds is 5. The van der Waals surface area contributed by atoms with Crippen molar-refractivity contribution in [3.8, 4) is 11.5 Å². The van der Waals surface area contributed by atoms with Crippen LogP contribution in [0.3, 0.4) is 0 Å². The number of ether oxygens (including phenoxy) is 2. The molecule has 0 bridgehead atoms. The van der Waals surface area contributed by atoms with Gasteiger partial charge in [-0.15, -0.1) is 12.4 Å². The predicted molar refractivity (Wildman–Crippen MR) is 104 cm³/mol. The summed E-state index contributed by atoms with van der Waals surface area (Å²) in [6, 6.07) is 11.7. The average molecular weight is 395 g/mol. The van der Waals surface area contributed by atoms with Crippen LogP contribution in [-0.2, 0) is 4.79 Å². The Kier molecular flexibility index (Phi) is 7.45. The Morgan fingerprint density at radius 2 is 2.07 bits per heavy atom. The van der Waals surface area contributed by atoms with Gasteiger partial charge in [-0.05, 0) is 42.3 Å². The minimum atomic E-state index is -0.305. The van der Waals surface area contributed by atoms with Gasteiger partial charge in [-0.2, -0.15) is 0 Å². The first-order valence-corrected chi connectivity index (χ1v) is 8.61. The smallest absolute Gasteiger partial charge is 0.261 e. The monoisotopic (exact) mass is 394 g/mol. The highest BCUT2D eigenvalue weighted by molar-refractivity contribution is 5.85. The molecule has 1 aliphatic heterocycles. The van der Waals surface area contributed by atoms with E-state index < -0.39 is 0 Å². The molecule has 0 spiro atoms. The van der Waals surface area contributed by atoms with Gasteiger partial charge in [0.25, 0.3) is 5.91 Å². The number of nitrogens with zero attached hydrogens (tertiary/aromatic N) is 1. The molecule has 1 fully saturated rings. The van der Waals surface area contributed by atoms with Crippen LogP contribution in [0.5, 0.6) is 11.5 Å². The van der Waals surface area contributed by atoms with E-state index in [0.717, 1.165) is 11.1 Å². The molecular formula is C20H24ClFN2O3. The molecule has 1 unspecified atom stereocenters. The number of hydrogen-bond donors (Lipinski definition) is 1. The highest BCUT2D eigenvalue weighted by Crippen LogP contribution is 2.28. The van der Waals surface area contributed by atoms with Crippen molar-refractivity contribution < 1.29 is 18.7 Å². The van der Waals surface area contributed by atoms with Crippen LogP contribution in [0.1, 0.15) is 17.2 Å². The van der Waals surface area contributed by atoms with Gasteiger partial charge in [0.2, 0.25) is 0 Å². The van der Waals surface area contributed by atoms with Crippen LogP contribution in [0.4, 0.5) is 4.39 Å². The molecule has 1 N–H and O–H groups in total. The van der Waals surface area contributed by atoms with E-state index in [2.05, 4.69) is 5.32 Å². The summed E-state index contributed by atoms with van der Waals surface area (Å²) in [7, 11) is 1.57. The first kappa shape index (κ1) is 21.0. The number of halogens is 2. The summed E-state index contributed by atoms with van der Waals surface area (Å²) in [5.74, 6) is 0.688. The highest BCUT2D eigenvalue weighted by atomic mass is 35.5. The summed E-state index contributed by atoms with van der Waals surface area (Å²) in [5, 5.41) is 3.26. The van der Waals surface area contributed by atoms with Crippen molar-refractivity contribution in [2.24, 2.45) is 0 Å². The fourth-order valence-electron chi connectivity index (χ4n) is 3.13. The summed E-state index contributed by atoms with van der Waals surface area (Å²) in [6.07, 6.45) is 0. The number of benzene rings is 2. The Balaban J connectivity index is 0.00000261. The fraction of sp³-hybridized carbons (Fsp3) is 0.350. The molecule has 0 aliphatic carbocycles. The lowest BCUT2D eigenvalue weighted by molar-refractivity contribution is -0.136. The second kappa shape index (κ2) is 9.58. The van der Waals surface area contributed by atoms with Gasteiger partial charge < -0.3 is 19.7 Å². The van der Waals surface area contributed by atoms with E-state index in [1.165, 1.54) is 12.1 Å². The Bertz CT molecular complexity index is 788. The lowest BCUT2D eigenvalue weighted by Crippen LogP contribution is -2.50. The van der Waals surface area contributed by atoms with Crippen molar-refractivity contribution in [1.82, 2.24) is 10.2 Å². The van der Waals surface area contributed by atoms with Crippen molar-refractivity contribution in [3.05, 3.63) is 59.4 Å². The largest absolute Gasteiger partial charge is 0.493 e. The summed E-state index contributed by atoms with van der Waals surface area (Å²) in [4.78, 5) is 14.5. The molecule has 5 nitrogen and oxygen atoms in total. The summed E-state index contributed by atoms with van der Waals surface area (Å²) in [6.45, 7) is 3.70. The van der Waals surface area contributed by atoms with E-state index in [9.17, 15) is 9.18 Å². The van der Waals surface area contributed by atoms with E-state index in [-0.39, 0.29) is 36.8 Å². The first-order chi connectivity index (χ1) is 12.6. The van der Waals surface area contributed by atoms with Gasteiger partial charge in [0.15, 0.2) is 18.1 Å². The zero-order valence-electron chi connectivity index (χ0n) is 15.4. The molecule has 0 saturated carbocycles. The van der Waals surface area contributed by atoms with Crippen molar-refractivity contribution >= 4 is 18.3 Å². The van der Waals surface area contributed by atoms with Gasteiger partial charge in [0.05, 0.1) is 13.2 Å². The molecule has 3 rings (SSSR count). The fourth-order valence-corrected chi connectivity index (χ4v) is 3.13. The number of nitrogens with one attached hydrogen (secondary N) is 1.